The van der Waals surface area contributed by atoms with E-state index in [0.29, 0.717) is 16.7 Å². The van der Waals surface area contributed by atoms with Crippen LogP contribution in [0.25, 0.3) is 16.5 Å². The zero-order valence-electron chi connectivity index (χ0n) is 13.0. The van der Waals surface area contributed by atoms with Crippen LogP contribution in [-0.4, -0.2) is 12.6 Å². The van der Waals surface area contributed by atoms with Crippen LogP contribution in [0.1, 0.15) is 24.6 Å². The molecule has 2 rings (SSSR count). The molecule has 2 aromatic rings. The Balaban J connectivity index is 2.19. The maximum atomic E-state index is 11.9. The average molecular weight is 380 g/mol. The van der Waals surface area contributed by atoms with Crippen molar-refractivity contribution in [3.05, 3.63) is 50.8 Å². The molecule has 3 nitrogen and oxygen atoms in total. The van der Waals surface area contributed by atoms with E-state index >= 15 is 0 Å². The minimum absolute atomic E-state index is 0.0123. The predicted octanol–water partition coefficient (Wildman–Crippen LogP) is 5.97. The molecule has 0 bridgehead atoms. The van der Waals surface area contributed by atoms with Crippen molar-refractivity contribution < 1.29 is 9.53 Å². The van der Waals surface area contributed by atoms with Crippen molar-refractivity contribution in [2.75, 3.05) is 6.61 Å². The van der Waals surface area contributed by atoms with Crippen molar-refractivity contribution in [1.29, 1.82) is 5.26 Å². The highest BCUT2D eigenvalue weighted by Crippen LogP contribution is 2.35. The van der Waals surface area contributed by atoms with Gasteiger partial charge in [0, 0.05) is 20.3 Å². The van der Waals surface area contributed by atoms with E-state index in [0.717, 1.165) is 28.2 Å². The average Bonchev–Trinajstić information content (AvgIpc) is 3.01. The molecule has 6 heteroatoms. The normalized spacial score (nSPS) is 11.2. The van der Waals surface area contributed by atoms with Crippen LogP contribution in [0.3, 0.4) is 0 Å². The smallest absolute Gasteiger partial charge is 0.348 e. The SMILES string of the molecule is CCCCOC(=O)/C(C#N)=C/c1ccc(-c2ccc(Cl)cc2Cl)s1. The van der Waals surface area contributed by atoms with Crippen LogP contribution in [0.15, 0.2) is 35.9 Å². The fourth-order valence-corrected chi connectivity index (χ4v) is 3.49. The lowest BCUT2D eigenvalue weighted by molar-refractivity contribution is -0.138. The van der Waals surface area contributed by atoms with E-state index in [1.165, 1.54) is 17.4 Å². The number of rotatable bonds is 6. The van der Waals surface area contributed by atoms with Gasteiger partial charge in [0.05, 0.1) is 11.6 Å². The van der Waals surface area contributed by atoms with E-state index in [2.05, 4.69) is 0 Å². The molecule has 0 unspecified atom stereocenters. The van der Waals surface area contributed by atoms with E-state index in [1.807, 2.05) is 31.2 Å². The molecule has 1 heterocycles. The molecule has 0 spiro atoms. The summed E-state index contributed by atoms with van der Waals surface area (Å²) in [5.74, 6) is -0.592. The highest BCUT2D eigenvalue weighted by atomic mass is 35.5. The molecule has 0 fully saturated rings. The molecular formula is C18H15Cl2NO2S. The van der Waals surface area contributed by atoms with Crippen LogP contribution in [0.2, 0.25) is 10.0 Å². The van der Waals surface area contributed by atoms with Gasteiger partial charge in [-0.15, -0.1) is 11.3 Å². The lowest BCUT2D eigenvalue weighted by Crippen LogP contribution is -2.07. The first kappa shape index (κ1) is 18.5. The third-order valence-corrected chi connectivity index (χ3v) is 4.79. The van der Waals surface area contributed by atoms with Gasteiger partial charge in [0.15, 0.2) is 0 Å². The third-order valence-electron chi connectivity index (χ3n) is 3.18. The van der Waals surface area contributed by atoms with Gasteiger partial charge in [-0.1, -0.05) is 42.6 Å². The Morgan fingerprint density at radius 2 is 2.12 bits per heavy atom. The Kier molecular flexibility index (Phi) is 6.86. The zero-order valence-corrected chi connectivity index (χ0v) is 15.3. The number of benzene rings is 1. The van der Waals surface area contributed by atoms with Crippen molar-refractivity contribution in [3.63, 3.8) is 0 Å². The number of esters is 1. The van der Waals surface area contributed by atoms with Crippen LogP contribution in [-0.2, 0) is 9.53 Å². The first-order chi connectivity index (χ1) is 11.5. The monoisotopic (exact) mass is 379 g/mol. The molecule has 0 amide bonds. The van der Waals surface area contributed by atoms with E-state index in [9.17, 15) is 4.79 Å². The van der Waals surface area contributed by atoms with Crippen LogP contribution in [0.5, 0.6) is 0 Å². The number of ether oxygens (including phenoxy) is 1. The summed E-state index contributed by atoms with van der Waals surface area (Å²) < 4.78 is 5.07. The molecule has 24 heavy (non-hydrogen) atoms. The van der Waals surface area contributed by atoms with Gasteiger partial charge < -0.3 is 4.74 Å². The molecule has 1 aromatic heterocycles. The molecule has 1 aromatic carbocycles. The summed E-state index contributed by atoms with van der Waals surface area (Å²) in [6.45, 7) is 2.33. The Morgan fingerprint density at radius 1 is 1.33 bits per heavy atom. The summed E-state index contributed by atoms with van der Waals surface area (Å²) in [5.41, 5.74) is 0.844. The van der Waals surface area contributed by atoms with Gasteiger partial charge >= 0.3 is 5.97 Å². The second kappa shape index (κ2) is 8.89. The van der Waals surface area contributed by atoms with E-state index in [-0.39, 0.29) is 5.57 Å². The topological polar surface area (TPSA) is 50.1 Å². The minimum atomic E-state index is -0.592. The number of thiophene rings is 1. The molecule has 0 atom stereocenters. The van der Waals surface area contributed by atoms with Crippen molar-refractivity contribution >= 4 is 46.6 Å². The van der Waals surface area contributed by atoms with Crippen molar-refractivity contribution in [1.82, 2.24) is 0 Å². The number of nitriles is 1. The van der Waals surface area contributed by atoms with Gasteiger partial charge in [0.1, 0.15) is 11.6 Å². The molecule has 124 valence electrons. The Hall–Kier alpha value is -1.80. The molecule has 0 saturated carbocycles. The number of unbranched alkanes of at least 4 members (excludes halogenated alkanes) is 1. The van der Waals surface area contributed by atoms with Gasteiger partial charge in [-0.2, -0.15) is 5.26 Å². The number of halogens is 2. The van der Waals surface area contributed by atoms with Crippen molar-refractivity contribution in [3.8, 4) is 16.5 Å². The number of hydrogen-bond donors (Lipinski definition) is 0. The number of carbonyl (C=O) groups excluding carboxylic acids is 1. The second-order valence-electron chi connectivity index (χ2n) is 4.99. The third kappa shape index (κ3) is 4.85. The fourth-order valence-electron chi connectivity index (χ4n) is 1.93. The Labute approximate surface area is 155 Å². The van der Waals surface area contributed by atoms with Crippen LogP contribution in [0, 0.1) is 11.3 Å². The Bertz CT molecular complexity index is 806. The summed E-state index contributed by atoms with van der Waals surface area (Å²) in [5, 5.41) is 10.3. The molecular weight excluding hydrogens is 365 g/mol. The molecule has 0 radical (unpaired) electrons. The van der Waals surface area contributed by atoms with Gasteiger partial charge in [-0.3, -0.25) is 0 Å². The van der Waals surface area contributed by atoms with E-state index in [4.69, 9.17) is 33.2 Å². The number of carbonyl (C=O) groups is 1. The number of nitrogens with zero attached hydrogens (tertiary/aromatic N) is 1. The van der Waals surface area contributed by atoms with Crippen molar-refractivity contribution in [2.24, 2.45) is 0 Å². The van der Waals surface area contributed by atoms with Gasteiger partial charge in [-0.05, 0) is 36.8 Å². The molecule has 0 saturated heterocycles. The minimum Gasteiger partial charge on any atom is -0.462 e. The lowest BCUT2D eigenvalue weighted by Gasteiger charge is -2.02. The van der Waals surface area contributed by atoms with E-state index in [1.54, 1.807) is 12.1 Å². The highest BCUT2D eigenvalue weighted by Gasteiger charge is 2.12. The standard InChI is InChI=1S/C18H15Cl2NO2S/c1-2-3-8-23-18(22)12(11-21)9-14-5-7-17(24-14)15-6-4-13(19)10-16(15)20/h4-7,9-10H,2-3,8H2,1H3/b12-9+. The summed E-state index contributed by atoms with van der Waals surface area (Å²) in [6.07, 6.45) is 3.24. The maximum absolute atomic E-state index is 11.9. The van der Waals surface area contributed by atoms with Crippen molar-refractivity contribution in [2.45, 2.75) is 19.8 Å². The number of hydrogen-bond acceptors (Lipinski definition) is 4. The van der Waals surface area contributed by atoms with Gasteiger partial charge in [0.2, 0.25) is 0 Å². The molecule has 0 aliphatic rings. The summed E-state index contributed by atoms with van der Waals surface area (Å²) in [7, 11) is 0. The van der Waals surface area contributed by atoms with Crippen LogP contribution in [0.4, 0.5) is 0 Å². The summed E-state index contributed by atoms with van der Waals surface area (Å²) in [4.78, 5) is 13.6. The highest BCUT2D eigenvalue weighted by molar-refractivity contribution is 7.16. The van der Waals surface area contributed by atoms with Crippen LogP contribution >= 0.6 is 34.5 Å². The fraction of sp³-hybridized carbons (Fsp3) is 0.222. The largest absolute Gasteiger partial charge is 0.462 e. The molecule has 0 aliphatic heterocycles. The van der Waals surface area contributed by atoms with E-state index < -0.39 is 5.97 Å². The maximum Gasteiger partial charge on any atom is 0.348 e. The van der Waals surface area contributed by atoms with Crippen LogP contribution < -0.4 is 0 Å². The summed E-state index contributed by atoms with van der Waals surface area (Å²) >= 11 is 13.5. The zero-order chi connectivity index (χ0) is 17.5. The molecule has 0 N–H and O–H groups in total. The lowest BCUT2D eigenvalue weighted by atomic mass is 10.2. The molecule has 0 aliphatic carbocycles. The van der Waals surface area contributed by atoms with Gasteiger partial charge in [-0.25, -0.2) is 4.79 Å². The Morgan fingerprint density at radius 3 is 2.79 bits per heavy atom. The predicted molar refractivity (Wildman–Crippen MR) is 99.2 cm³/mol. The summed E-state index contributed by atoms with van der Waals surface area (Å²) in [6, 6.07) is 10.9. The second-order valence-corrected chi connectivity index (χ2v) is 6.94. The quantitative estimate of drug-likeness (QED) is 0.268. The van der Waals surface area contributed by atoms with Gasteiger partial charge in [0.25, 0.3) is 0 Å². The first-order valence-corrected chi connectivity index (χ1v) is 8.96. The first-order valence-electron chi connectivity index (χ1n) is 7.39.